The summed E-state index contributed by atoms with van der Waals surface area (Å²) in [5.74, 6) is 0.602. The number of oxazole rings is 1. The van der Waals surface area contributed by atoms with Gasteiger partial charge in [-0.1, -0.05) is 72.8 Å². The van der Waals surface area contributed by atoms with Crippen LogP contribution in [-0.4, -0.2) is 4.98 Å². The minimum absolute atomic E-state index is 0.602. The summed E-state index contributed by atoms with van der Waals surface area (Å²) in [6.45, 7) is 0. The fraction of sp³-hybridized carbons (Fsp3) is 0. The number of furan rings is 1. The predicted octanol–water partition coefficient (Wildman–Crippen LogP) is 11.2. The molecular weight excluding hydrogens is 536 g/mol. The quantitative estimate of drug-likeness (QED) is 0.215. The van der Waals surface area contributed by atoms with Crippen LogP contribution in [0.4, 0.5) is 17.1 Å². The average molecular weight is 559 g/mol. The molecule has 0 N–H and O–H groups in total. The van der Waals surface area contributed by atoms with E-state index in [2.05, 4.69) is 95.9 Å². The van der Waals surface area contributed by atoms with Crippen molar-refractivity contribution >= 4 is 81.6 Å². The fourth-order valence-corrected chi connectivity index (χ4v) is 7.22. The number of hydrogen-bond donors (Lipinski definition) is 0. The first-order valence-electron chi connectivity index (χ1n) is 13.9. The summed E-state index contributed by atoms with van der Waals surface area (Å²) in [7, 11) is 0. The Morgan fingerprint density at radius 3 is 2.17 bits per heavy atom. The van der Waals surface area contributed by atoms with Gasteiger partial charge >= 0.3 is 0 Å². The first-order chi connectivity index (χ1) is 20.8. The lowest BCUT2D eigenvalue weighted by Crippen LogP contribution is -2.10. The molecule has 9 rings (SSSR count). The van der Waals surface area contributed by atoms with E-state index in [4.69, 9.17) is 13.8 Å². The molecule has 5 heteroatoms. The maximum Gasteiger partial charge on any atom is 0.227 e. The molecule has 0 amide bonds. The summed E-state index contributed by atoms with van der Waals surface area (Å²) >= 11 is 1.83. The highest BCUT2D eigenvalue weighted by atomic mass is 32.1. The Morgan fingerprint density at radius 2 is 1.29 bits per heavy atom. The van der Waals surface area contributed by atoms with Crippen LogP contribution in [0.2, 0.25) is 0 Å². The molecule has 0 aliphatic heterocycles. The van der Waals surface area contributed by atoms with E-state index in [1.807, 2.05) is 53.8 Å². The number of anilines is 3. The monoisotopic (exact) mass is 558 g/mol. The van der Waals surface area contributed by atoms with Crippen molar-refractivity contribution in [2.75, 3.05) is 4.90 Å². The summed E-state index contributed by atoms with van der Waals surface area (Å²) in [4.78, 5) is 7.13. The molecular formula is C37H22N2O2S. The molecule has 0 saturated carbocycles. The van der Waals surface area contributed by atoms with E-state index >= 15 is 0 Å². The van der Waals surface area contributed by atoms with Gasteiger partial charge < -0.3 is 13.7 Å². The summed E-state index contributed by atoms with van der Waals surface area (Å²) in [5.41, 5.74) is 7.32. The molecule has 9 aromatic rings. The molecule has 0 spiro atoms. The van der Waals surface area contributed by atoms with Crippen molar-refractivity contribution in [3.63, 3.8) is 0 Å². The van der Waals surface area contributed by atoms with Crippen LogP contribution in [0.25, 0.3) is 64.7 Å². The number of rotatable bonds is 4. The Bertz CT molecular complexity index is 2420. The third kappa shape index (κ3) is 3.51. The van der Waals surface area contributed by atoms with Crippen LogP contribution in [0.3, 0.4) is 0 Å². The minimum Gasteiger partial charge on any atom is -0.456 e. The van der Waals surface area contributed by atoms with Crippen LogP contribution in [-0.2, 0) is 0 Å². The van der Waals surface area contributed by atoms with Crippen LogP contribution in [0.5, 0.6) is 0 Å². The third-order valence-electron chi connectivity index (χ3n) is 7.88. The molecule has 4 nitrogen and oxygen atoms in total. The SMILES string of the molecule is c1ccc(-c2nc3cc4oc5cccc(N(c6ccccc6)c6cccc7c6sc6ccccc67)c5c4cc3o2)cc1. The van der Waals surface area contributed by atoms with E-state index in [0.717, 1.165) is 55.7 Å². The summed E-state index contributed by atoms with van der Waals surface area (Å²) in [6.07, 6.45) is 0. The number of aromatic nitrogens is 1. The lowest BCUT2D eigenvalue weighted by atomic mass is 10.1. The Balaban J connectivity index is 1.33. The van der Waals surface area contributed by atoms with Crippen molar-refractivity contribution in [1.29, 1.82) is 0 Å². The van der Waals surface area contributed by atoms with E-state index in [1.165, 1.54) is 20.2 Å². The van der Waals surface area contributed by atoms with Crippen molar-refractivity contribution in [1.82, 2.24) is 4.98 Å². The molecule has 198 valence electrons. The van der Waals surface area contributed by atoms with Gasteiger partial charge in [-0.25, -0.2) is 4.98 Å². The highest BCUT2D eigenvalue weighted by Gasteiger charge is 2.23. The van der Waals surface area contributed by atoms with Crippen molar-refractivity contribution in [2.45, 2.75) is 0 Å². The van der Waals surface area contributed by atoms with Gasteiger partial charge in [-0.2, -0.15) is 0 Å². The van der Waals surface area contributed by atoms with E-state index in [9.17, 15) is 0 Å². The topological polar surface area (TPSA) is 42.4 Å². The third-order valence-corrected chi connectivity index (χ3v) is 9.09. The van der Waals surface area contributed by atoms with Crippen molar-refractivity contribution < 1.29 is 8.83 Å². The molecule has 0 bridgehead atoms. The maximum absolute atomic E-state index is 6.47. The number of hydrogen-bond acceptors (Lipinski definition) is 5. The fourth-order valence-electron chi connectivity index (χ4n) is 6.01. The Labute approximate surface area is 244 Å². The summed E-state index contributed by atoms with van der Waals surface area (Å²) < 4.78 is 15.3. The second-order valence-corrected chi connectivity index (χ2v) is 11.4. The minimum atomic E-state index is 0.602. The van der Waals surface area contributed by atoms with Gasteiger partial charge in [-0.3, -0.25) is 0 Å². The Kier molecular flexibility index (Phi) is 5.03. The normalized spacial score (nSPS) is 11.8. The Morgan fingerprint density at radius 1 is 0.548 bits per heavy atom. The van der Waals surface area contributed by atoms with Gasteiger partial charge in [0.15, 0.2) is 5.58 Å². The van der Waals surface area contributed by atoms with Crippen molar-refractivity contribution in [3.8, 4) is 11.5 Å². The van der Waals surface area contributed by atoms with Crippen LogP contribution in [0, 0.1) is 0 Å². The molecule has 3 aromatic heterocycles. The van der Waals surface area contributed by atoms with Gasteiger partial charge in [0.05, 0.1) is 21.5 Å². The van der Waals surface area contributed by atoms with Gasteiger partial charge in [0.2, 0.25) is 5.89 Å². The molecule has 42 heavy (non-hydrogen) atoms. The number of fused-ring (bicyclic) bond motifs is 7. The molecule has 0 aliphatic carbocycles. The molecule has 0 unspecified atom stereocenters. The van der Waals surface area contributed by atoms with E-state index < -0.39 is 0 Å². The van der Waals surface area contributed by atoms with Crippen LogP contribution >= 0.6 is 11.3 Å². The number of benzene rings is 6. The molecule has 0 aliphatic rings. The number of nitrogens with zero attached hydrogens (tertiary/aromatic N) is 2. The lowest BCUT2D eigenvalue weighted by Gasteiger charge is -2.26. The van der Waals surface area contributed by atoms with Crippen molar-refractivity contribution in [3.05, 3.63) is 133 Å². The van der Waals surface area contributed by atoms with Gasteiger partial charge in [0.25, 0.3) is 0 Å². The molecule has 0 fully saturated rings. The van der Waals surface area contributed by atoms with Crippen LogP contribution < -0.4 is 4.90 Å². The second kappa shape index (κ2) is 9.06. The van der Waals surface area contributed by atoms with Gasteiger partial charge in [-0.05, 0) is 54.6 Å². The molecule has 0 atom stereocenters. The van der Waals surface area contributed by atoms with Gasteiger partial charge in [-0.15, -0.1) is 11.3 Å². The molecule has 0 saturated heterocycles. The zero-order chi connectivity index (χ0) is 27.6. The smallest absolute Gasteiger partial charge is 0.227 e. The molecule has 6 aromatic carbocycles. The van der Waals surface area contributed by atoms with E-state index in [1.54, 1.807) is 0 Å². The highest BCUT2D eigenvalue weighted by Crippen LogP contribution is 2.48. The molecule has 0 radical (unpaired) electrons. The first-order valence-corrected chi connectivity index (χ1v) is 14.7. The average Bonchev–Trinajstić information content (AvgIpc) is 3.74. The lowest BCUT2D eigenvalue weighted by molar-refractivity contribution is 0.620. The number of thiophene rings is 1. The zero-order valence-electron chi connectivity index (χ0n) is 22.3. The first kappa shape index (κ1) is 23.3. The van der Waals surface area contributed by atoms with Crippen LogP contribution in [0.1, 0.15) is 0 Å². The summed E-state index contributed by atoms with van der Waals surface area (Å²) in [5, 5.41) is 4.57. The second-order valence-electron chi connectivity index (χ2n) is 10.4. The largest absolute Gasteiger partial charge is 0.456 e. The van der Waals surface area contributed by atoms with Crippen molar-refractivity contribution in [2.24, 2.45) is 0 Å². The van der Waals surface area contributed by atoms with Gasteiger partial charge in [0, 0.05) is 38.2 Å². The standard InChI is InChI=1S/C37H22N2O2S/c1-3-11-23(12-4-1)37-38-28-22-32-27(21-33(28)41-37)35-29(17-10-19-31(35)40-32)39(24-13-5-2-6-14-24)30-18-9-16-26-25-15-7-8-20-34(25)42-36(26)30/h1-22H. The molecule has 3 heterocycles. The van der Waals surface area contributed by atoms with E-state index in [0.29, 0.717) is 5.89 Å². The zero-order valence-corrected chi connectivity index (χ0v) is 23.1. The predicted molar refractivity (Wildman–Crippen MR) is 174 cm³/mol. The highest BCUT2D eigenvalue weighted by molar-refractivity contribution is 7.26. The van der Waals surface area contributed by atoms with Gasteiger partial charge in [0.1, 0.15) is 16.7 Å². The summed E-state index contributed by atoms with van der Waals surface area (Å²) in [6, 6.07) is 46.1. The van der Waals surface area contributed by atoms with Crippen LogP contribution in [0.15, 0.2) is 142 Å². The van der Waals surface area contributed by atoms with E-state index in [-0.39, 0.29) is 0 Å². The number of para-hydroxylation sites is 1. The Hall–Kier alpha value is -5.39. The maximum atomic E-state index is 6.47.